The van der Waals surface area contributed by atoms with Crippen LogP contribution in [0.5, 0.6) is 0 Å². The van der Waals surface area contributed by atoms with Crippen LogP contribution in [0.3, 0.4) is 0 Å². The lowest BCUT2D eigenvalue weighted by atomic mass is 10.0. The summed E-state index contributed by atoms with van der Waals surface area (Å²) in [7, 11) is 0. The largest absolute Gasteiger partial charge is 0.378 e. The highest BCUT2D eigenvalue weighted by Crippen LogP contribution is 2.36. The van der Waals surface area contributed by atoms with Crippen molar-refractivity contribution in [1.29, 1.82) is 0 Å². The zero-order valence-corrected chi connectivity index (χ0v) is 19.9. The van der Waals surface area contributed by atoms with Crippen molar-refractivity contribution < 1.29 is 14.3 Å². The Balaban J connectivity index is 1.41. The fourth-order valence-electron chi connectivity index (χ4n) is 4.04. The van der Waals surface area contributed by atoms with Crippen molar-refractivity contribution in [2.75, 3.05) is 41.8 Å². The lowest BCUT2D eigenvalue weighted by molar-refractivity contribution is 0.102. The van der Waals surface area contributed by atoms with Crippen LogP contribution in [0.25, 0.3) is 11.1 Å². The van der Waals surface area contributed by atoms with Gasteiger partial charge in [-0.25, -0.2) is 0 Å². The first-order valence-electron chi connectivity index (χ1n) is 11.5. The molecule has 6 nitrogen and oxygen atoms in total. The maximum atomic E-state index is 13.5. The molecule has 1 saturated heterocycles. The summed E-state index contributed by atoms with van der Waals surface area (Å²) < 4.78 is 5.43. The Morgan fingerprint density at radius 1 is 0.771 bits per heavy atom. The SMILES string of the molecule is O=C(Nc1scc(-c2ccccc2)c1C(=O)Nc1ccc(N2CCOCC2)cc1)c1ccccc1. The van der Waals surface area contributed by atoms with Crippen LogP contribution >= 0.6 is 11.3 Å². The van der Waals surface area contributed by atoms with Crippen LogP contribution in [0, 0.1) is 0 Å². The van der Waals surface area contributed by atoms with Crippen LogP contribution in [0.2, 0.25) is 0 Å². The Hall–Kier alpha value is -3.94. The molecule has 2 amide bonds. The minimum absolute atomic E-state index is 0.254. The van der Waals surface area contributed by atoms with Crippen LogP contribution in [0.4, 0.5) is 16.4 Å². The second kappa shape index (κ2) is 10.5. The predicted octanol–water partition coefficient (Wildman–Crippen LogP) is 5.76. The summed E-state index contributed by atoms with van der Waals surface area (Å²) in [5.74, 6) is -0.524. The van der Waals surface area contributed by atoms with E-state index in [1.54, 1.807) is 12.1 Å². The van der Waals surface area contributed by atoms with E-state index >= 15 is 0 Å². The molecule has 0 unspecified atom stereocenters. The number of hydrogen-bond donors (Lipinski definition) is 2. The van der Waals surface area contributed by atoms with Crippen LogP contribution in [0.1, 0.15) is 20.7 Å². The third kappa shape index (κ3) is 5.26. The molecule has 35 heavy (non-hydrogen) atoms. The van der Waals surface area contributed by atoms with Gasteiger partial charge >= 0.3 is 0 Å². The number of nitrogens with one attached hydrogen (secondary N) is 2. The number of anilines is 3. The molecule has 1 aliphatic heterocycles. The molecule has 5 rings (SSSR count). The highest BCUT2D eigenvalue weighted by Gasteiger charge is 2.22. The summed E-state index contributed by atoms with van der Waals surface area (Å²) in [6.07, 6.45) is 0. The van der Waals surface area contributed by atoms with Crippen molar-refractivity contribution in [3.05, 3.63) is 101 Å². The van der Waals surface area contributed by atoms with Crippen molar-refractivity contribution in [3.63, 3.8) is 0 Å². The Labute approximate surface area is 208 Å². The molecule has 1 aromatic heterocycles. The van der Waals surface area contributed by atoms with Crippen molar-refractivity contribution in [1.82, 2.24) is 0 Å². The minimum Gasteiger partial charge on any atom is -0.378 e. The number of thiophene rings is 1. The van der Waals surface area contributed by atoms with E-state index in [-0.39, 0.29) is 11.8 Å². The second-order valence-electron chi connectivity index (χ2n) is 8.14. The van der Waals surface area contributed by atoms with Gasteiger partial charge in [0, 0.05) is 41.0 Å². The van der Waals surface area contributed by atoms with E-state index in [1.807, 2.05) is 78.2 Å². The number of carbonyl (C=O) groups excluding carboxylic acids is 2. The van der Waals surface area contributed by atoms with Crippen LogP contribution in [0.15, 0.2) is 90.3 Å². The number of benzene rings is 3. The van der Waals surface area contributed by atoms with Gasteiger partial charge in [0.15, 0.2) is 0 Å². The maximum Gasteiger partial charge on any atom is 0.259 e. The molecule has 0 aliphatic carbocycles. The molecule has 2 heterocycles. The van der Waals surface area contributed by atoms with E-state index in [9.17, 15) is 9.59 Å². The average molecular weight is 484 g/mol. The van der Waals surface area contributed by atoms with Gasteiger partial charge in [-0.05, 0) is 42.0 Å². The number of hydrogen-bond acceptors (Lipinski definition) is 5. The van der Waals surface area contributed by atoms with E-state index in [0.29, 0.717) is 21.8 Å². The number of carbonyl (C=O) groups is 2. The average Bonchev–Trinajstić information content (AvgIpc) is 3.34. The third-order valence-electron chi connectivity index (χ3n) is 5.87. The third-order valence-corrected chi connectivity index (χ3v) is 6.76. The summed E-state index contributed by atoms with van der Waals surface area (Å²) in [4.78, 5) is 28.6. The molecule has 0 atom stereocenters. The zero-order valence-electron chi connectivity index (χ0n) is 19.1. The molecular weight excluding hydrogens is 458 g/mol. The van der Waals surface area contributed by atoms with Gasteiger partial charge in [0.2, 0.25) is 0 Å². The predicted molar refractivity (Wildman–Crippen MR) is 142 cm³/mol. The smallest absolute Gasteiger partial charge is 0.259 e. The minimum atomic E-state index is -0.271. The first-order chi connectivity index (χ1) is 17.2. The van der Waals surface area contributed by atoms with Gasteiger partial charge in [-0.1, -0.05) is 48.5 Å². The summed E-state index contributed by atoms with van der Waals surface area (Å²) in [6, 6.07) is 26.5. The summed E-state index contributed by atoms with van der Waals surface area (Å²) in [6.45, 7) is 3.14. The fourth-order valence-corrected chi connectivity index (χ4v) is 5.00. The monoisotopic (exact) mass is 483 g/mol. The molecular formula is C28H25N3O3S. The van der Waals surface area contributed by atoms with Gasteiger partial charge in [-0.15, -0.1) is 11.3 Å². The van der Waals surface area contributed by atoms with Crippen molar-refractivity contribution >= 4 is 39.5 Å². The molecule has 0 saturated carbocycles. The highest BCUT2D eigenvalue weighted by molar-refractivity contribution is 7.15. The molecule has 1 fully saturated rings. The Morgan fingerprint density at radius 2 is 1.43 bits per heavy atom. The van der Waals surface area contributed by atoms with Gasteiger partial charge in [0.25, 0.3) is 11.8 Å². The normalized spacial score (nSPS) is 13.3. The van der Waals surface area contributed by atoms with E-state index in [4.69, 9.17) is 4.74 Å². The molecule has 3 aromatic carbocycles. The number of amides is 2. The zero-order chi connectivity index (χ0) is 24.0. The van der Waals surface area contributed by atoms with Crippen molar-refractivity contribution in [2.45, 2.75) is 0 Å². The number of nitrogens with zero attached hydrogens (tertiary/aromatic N) is 1. The fraction of sp³-hybridized carbons (Fsp3) is 0.143. The van der Waals surface area contributed by atoms with Gasteiger partial charge in [-0.3, -0.25) is 9.59 Å². The van der Waals surface area contributed by atoms with Crippen LogP contribution < -0.4 is 15.5 Å². The van der Waals surface area contributed by atoms with Crippen LogP contribution in [-0.2, 0) is 4.74 Å². The van der Waals surface area contributed by atoms with Gasteiger partial charge in [0.05, 0.1) is 18.8 Å². The Bertz CT molecular complexity index is 1300. The van der Waals surface area contributed by atoms with E-state index in [1.165, 1.54) is 11.3 Å². The van der Waals surface area contributed by atoms with E-state index in [2.05, 4.69) is 15.5 Å². The quantitative estimate of drug-likeness (QED) is 0.366. The standard InChI is InChI=1S/C28H25N3O3S/c32-26(21-9-5-2-6-10-21)30-28-25(24(19-35-28)20-7-3-1-4-8-20)27(33)29-22-11-13-23(14-12-22)31-15-17-34-18-16-31/h1-14,19H,15-18H2,(H,29,33)(H,30,32). The summed E-state index contributed by atoms with van der Waals surface area (Å²) in [5, 5.41) is 8.37. The summed E-state index contributed by atoms with van der Waals surface area (Å²) in [5.41, 5.74) is 4.47. The topological polar surface area (TPSA) is 70.7 Å². The Morgan fingerprint density at radius 3 is 2.11 bits per heavy atom. The first-order valence-corrected chi connectivity index (χ1v) is 12.3. The molecule has 0 radical (unpaired) electrons. The van der Waals surface area contributed by atoms with E-state index < -0.39 is 0 Å². The van der Waals surface area contributed by atoms with Gasteiger partial charge in [-0.2, -0.15) is 0 Å². The molecule has 4 aromatic rings. The van der Waals surface area contributed by atoms with E-state index in [0.717, 1.165) is 43.1 Å². The van der Waals surface area contributed by atoms with Crippen molar-refractivity contribution in [2.24, 2.45) is 0 Å². The molecule has 176 valence electrons. The molecule has 2 N–H and O–H groups in total. The molecule has 1 aliphatic rings. The van der Waals surface area contributed by atoms with Gasteiger partial charge < -0.3 is 20.3 Å². The van der Waals surface area contributed by atoms with Crippen molar-refractivity contribution in [3.8, 4) is 11.1 Å². The van der Waals surface area contributed by atoms with Crippen LogP contribution in [-0.4, -0.2) is 38.1 Å². The second-order valence-corrected chi connectivity index (χ2v) is 9.02. The first kappa shape index (κ1) is 22.8. The lowest BCUT2D eigenvalue weighted by Crippen LogP contribution is -2.36. The molecule has 0 spiro atoms. The molecule has 7 heteroatoms. The van der Waals surface area contributed by atoms with Gasteiger partial charge in [0.1, 0.15) is 5.00 Å². The number of morpholine rings is 1. The lowest BCUT2D eigenvalue weighted by Gasteiger charge is -2.28. The summed E-state index contributed by atoms with van der Waals surface area (Å²) >= 11 is 1.34. The molecule has 0 bridgehead atoms. The number of rotatable bonds is 6. The maximum absolute atomic E-state index is 13.5. The highest BCUT2D eigenvalue weighted by atomic mass is 32.1. The number of ether oxygens (including phenoxy) is 1. The Kier molecular flexibility index (Phi) is 6.88.